The quantitative estimate of drug-likeness (QED) is 0.275. The number of hydrogen-bond donors (Lipinski definition) is 1. The molecule has 0 amide bonds. The summed E-state index contributed by atoms with van der Waals surface area (Å²) in [6, 6.07) is 0. The van der Waals surface area contributed by atoms with Gasteiger partial charge in [0, 0.05) is 26.6 Å². The van der Waals surface area contributed by atoms with Crippen LogP contribution in [0.3, 0.4) is 0 Å². The van der Waals surface area contributed by atoms with E-state index in [2.05, 4.69) is 45.7 Å². The number of esters is 1. The minimum atomic E-state index is -1.68. The molecule has 0 rings (SSSR count). The smallest absolute Gasteiger partial charge is 0.303 e. The molecule has 0 aliphatic rings. The predicted octanol–water partition coefficient (Wildman–Crippen LogP) is 4.28. The van der Waals surface area contributed by atoms with Gasteiger partial charge in [-0.2, -0.15) is 0 Å². The maximum absolute atomic E-state index is 11.2. The molecule has 0 heterocycles. The molecule has 0 saturated carbocycles. The lowest BCUT2D eigenvalue weighted by Gasteiger charge is -2.36. The van der Waals surface area contributed by atoms with Gasteiger partial charge in [-0.1, -0.05) is 32.6 Å². The Morgan fingerprint density at radius 2 is 1.83 bits per heavy atom. The zero-order chi connectivity index (χ0) is 18.6. The Bertz CT molecular complexity index is 415. The molecule has 1 unspecified atom stereocenters. The molecular weight excluding hydrogens is 320 g/mol. The predicted molar refractivity (Wildman–Crippen MR) is 101 cm³/mol. The number of aliphatic hydroxyl groups is 1. The molecular formula is C19H36O4Si. The number of aliphatic hydroxyl groups excluding tert-OH is 1. The highest BCUT2D eigenvalue weighted by atomic mass is 28.4. The Morgan fingerprint density at radius 3 is 2.38 bits per heavy atom. The summed E-state index contributed by atoms with van der Waals surface area (Å²) in [5.74, 6) is 5.79. The van der Waals surface area contributed by atoms with Gasteiger partial charge in [0.25, 0.3) is 0 Å². The SMILES string of the molecule is CC(=O)OC(C#CCCCCO)CCCCO[Si](C)(C)C(C)(C)C. The van der Waals surface area contributed by atoms with Gasteiger partial charge in [-0.3, -0.25) is 4.79 Å². The Balaban J connectivity index is 4.17. The van der Waals surface area contributed by atoms with Gasteiger partial charge < -0.3 is 14.3 Å². The van der Waals surface area contributed by atoms with Crippen LogP contribution in [-0.4, -0.2) is 38.7 Å². The second-order valence-corrected chi connectivity index (χ2v) is 12.5. The number of ether oxygens (including phenoxy) is 1. The van der Waals surface area contributed by atoms with Gasteiger partial charge in [-0.15, -0.1) is 0 Å². The van der Waals surface area contributed by atoms with Crippen LogP contribution in [0.2, 0.25) is 18.1 Å². The molecule has 1 N–H and O–H groups in total. The van der Waals surface area contributed by atoms with Crippen molar-refractivity contribution in [2.24, 2.45) is 0 Å². The van der Waals surface area contributed by atoms with Gasteiger partial charge >= 0.3 is 5.97 Å². The van der Waals surface area contributed by atoms with Crippen molar-refractivity contribution in [1.29, 1.82) is 0 Å². The molecule has 0 aromatic heterocycles. The molecule has 1 atom stereocenters. The van der Waals surface area contributed by atoms with Crippen molar-refractivity contribution >= 4 is 14.3 Å². The van der Waals surface area contributed by atoms with E-state index in [1.54, 1.807) is 0 Å². The first-order valence-corrected chi connectivity index (χ1v) is 11.9. The van der Waals surface area contributed by atoms with E-state index >= 15 is 0 Å². The zero-order valence-corrected chi connectivity index (χ0v) is 17.4. The van der Waals surface area contributed by atoms with Crippen LogP contribution >= 0.6 is 0 Å². The van der Waals surface area contributed by atoms with Crippen LogP contribution in [0.15, 0.2) is 0 Å². The summed E-state index contributed by atoms with van der Waals surface area (Å²) in [7, 11) is -1.68. The maximum atomic E-state index is 11.2. The van der Waals surface area contributed by atoms with Gasteiger partial charge in [0.2, 0.25) is 0 Å². The molecule has 0 saturated heterocycles. The monoisotopic (exact) mass is 356 g/mol. The van der Waals surface area contributed by atoms with Crippen LogP contribution in [0.1, 0.15) is 66.2 Å². The lowest BCUT2D eigenvalue weighted by atomic mass is 10.1. The highest BCUT2D eigenvalue weighted by Crippen LogP contribution is 2.36. The summed E-state index contributed by atoms with van der Waals surface area (Å²) >= 11 is 0. The van der Waals surface area contributed by atoms with Gasteiger partial charge in [0.05, 0.1) is 0 Å². The molecule has 4 nitrogen and oxygen atoms in total. The van der Waals surface area contributed by atoms with Gasteiger partial charge in [-0.05, 0) is 50.2 Å². The third kappa shape index (κ3) is 10.9. The van der Waals surface area contributed by atoms with Gasteiger partial charge in [0.1, 0.15) is 0 Å². The Kier molecular flexibility index (Phi) is 11.3. The van der Waals surface area contributed by atoms with Crippen LogP contribution in [-0.2, 0) is 14.0 Å². The van der Waals surface area contributed by atoms with Crippen molar-refractivity contribution in [2.75, 3.05) is 13.2 Å². The standard InChI is InChI=1S/C19H36O4Si/c1-17(21)23-18(13-9-7-8-11-15-20)14-10-12-16-22-24(5,6)19(2,3)4/h18,20H,7-8,10-12,14-16H2,1-6H3. The molecule has 0 bridgehead atoms. The highest BCUT2D eigenvalue weighted by molar-refractivity contribution is 6.74. The summed E-state index contributed by atoms with van der Waals surface area (Å²) in [6.07, 6.45) is 4.66. The fraction of sp³-hybridized carbons (Fsp3) is 0.842. The van der Waals surface area contributed by atoms with Crippen molar-refractivity contribution in [3.63, 3.8) is 0 Å². The summed E-state index contributed by atoms with van der Waals surface area (Å²) in [4.78, 5) is 11.2. The van der Waals surface area contributed by atoms with E-state index in [0.717, 1.165) is 45.1 Å². The first-order chi connectivity index (χ1) is 11.1. The molecule has 0 fully saturated rings. The number of carbonyl (C=O) groups excluding carboxylic acids is 1. The second kappa shape index (κ2) is 11.7. The van der Waals surface area contributed by atoms with Crippen LogP contribution in [0.5, 0.6) is 0 Å². The van der Waals surface area contributed by atoms with Crippen molar-refractivity contribution in [3.8, 4) is 11.8 Å². The minimum absolute atomic E-state index is 0.198. The Morgan fingerprint density at radius 1 is 1.17 bits per heavy atom. The van der Waals surface area contributed by atoms with E-state index in [1.165, 1.54) is 6.92 Å². The van der Waals surface area contributed by atoms with Gasteiger partial charge in [0.15, 0.2) is 14.4 Å². The van der Waals surface area contributed by atoms with E-state index in [1.807, 2.05) is 0 Å². The largest absolute Gasteiger partial charge is 0.449 e. The van der Waals surface area contributed by atoms with Crippen molar-refractivity contribution in [2.45, 2.75) is 90.5 Å². The first kappa shape index (κ1) is 23.2. The Hall–Kier alpha value is -0.833. The minimum Gasteiger partial charge on any atom is -0.449 e. The average Bonchev–Trinajstić information content (AvgIpc) is 2.44. The topological polar surface area (TPSA) is 55.8 Å². The lowest BCUT2D eigenvalue weighted by molar-refractivity contribution is -0.144. The first-order valence-electron chi connectivity index (χ1n) is 9.00. The molecule has 24 heavy (non-hydrogen) atoms. The van der Waals surface area contributed by atoms with Crippen LogP contribution < -0.4 is 0 Å². The number of carbonyl (C=O) groups is 1. The lowest BCUT2D eigenvalue weighted by Crippen LogP contribution is -2.40. The molecule has 0 spiro atoms. The normalized spacial score (nSPS) is 13.1. The molecule has 0 aliphatic heterocycles. The molecule has 0 radical (unpaired) electrons. The second-order valence-electron chi connectivity index (χ2n) is 7.70. The zero-order valence-electron chi connectivity index (χ0n) is 16.4. The van der Waals surface area contributed by atoms with Crippen LogP contribution in [0.25, 0.3) is 0 Å². The number of hydrogen-bond acceptors (Lipinski definition) is 4. The van der Waals surface area contributed by atoms with E-state index in [4.69, 9.17) is 14.3 Å². The molecule has 0 aliphatic carbocycles. The number of rotatable bonds is 10. The van der Waals surface area contributed by atoms with E-state index in [0.29, 0.717) is 0 Å². The van der Waals surface area contributed by atoms with Crippen LogP contribution in [0.4, 0.5) is 0 Å². The van der Waals surface area contributed by atoms with E-state index in [-0.39, 0.29) is 23.7 Å². The third-order valence-corrected chi connectivity index (χ3v) is 8.95. The maximum Gasteiger partial charge on any atom is 0.303 e. The average molecular weight is 357 g/mol. The van der Waals surface area contributed by atoms with Gasteiger partial charge in [-0.25, -0.2) is 0 Å². The fourth-order valence-electron chi connectivity index (χ4n) is 1.85. The van der Waals surface area contributed by atoms with Crippen molar-refractivity contribution < 1.29 is 19.1 Å². The summed E-state index contributed by atoms with van der Waals surface area (Å²) in [5, 5.41) is 8.97. The molecule has 0 aromatic rings. The van der Waals surface area contributed by atoms with E-state index in [9.17, 15) is 4.79 Å². The van der Waals surface area contributed by atoms with Crippen molar-refractivity contribution in [1.82, 2.24) is 0 Å². The van der Waals surface area contributed by atoms with Crippen molar-refractivity contribution in [3.05, 3.63) is 0 Å². The summed E-state index contributed by atoms with van der Waals surface area (Å²) < 4.78 is 11.4. The summed E-state index contributed by atoms with van der Waals surface area (Å²) in [6.45, 7) is 13.6. The number of unbranched alkanes of at least 4 members (excludes halogenated alkanes) is 3. The third-order valence-electron chi connectivity index (χ3n) is 4.41. The highest BCUT2D eigenvalue weighted by Gasteiger charge is 2.36. The molecule has 140 valence electrons. The molecule has 5 heteroatoms. The van der Waals surface area contributed by atoms with Crippen LogP contribution in [0, 0.1) is 11.8 Å². The fourth-order valence-corrected chi connectivity index (χ4v) is 2.94. The summed E-state index contributed by atoms with van der Waals surface area (Å²) in [5.41, 5.74) is 0. The molecule has 0 aromatic carbocycles. The Labute approximate surface area is 149 Å². The van der Waals surface area contributed by atoms with E-state index < -0.39 is 8.32 Å².